The Labute approximate surface area is 129 Å². The highest BCUT2D eigenvalue weighted by Gasteiger charge is 2.17. The average Bonchev–Trinajstić information content (AvgIpc) is 2.42. The van der Waals surface area contributed by atoms with Crippen LogP contribution in [0.1, 0.15) is 31.0 Å². The lowest BCUT2D eigenvalue weighted by Gasteiger charge is -2.21. The largest absolute Gasteiger partial charge is 0.368 e. The molecule has 1 atom stereocenters. The van der Waals surface area contributed by atoms with Crippen LogP contribution in [-0.2, 0) is 4.79 Å². The number of nitrogens with two attached hydrogens (primary N) is 1. The molecule has 1 amide bonds. The quantitative estimate of drug-likeness (QED) is 0.762. The third-order valence-electron chi connectivity index (χ3n) is 3.47. The standard InChI is InChI=1S/C15H24BrN3O/c1-4-19(5-2)9-8-18-14(15(17)20)12-6-7-13(16)11(3)10-12/h6-7,10,14,18H,4-5,8-9H2,1-3H3,(H2,17,20). The molecule has 112 valence electrons. The van der Waals surface area contributed by atoms with Gasteiger partial charge in [0.15, 0.2) is 0 Å². The van der Waals surface area contributed by atoms with Gasteiger partial charge in [-0.1, -0.05) is 41.9 Å². The van der Waals surface area contributed by atoms with Crippen LogP contribution in [0.5, 0.6) is 0 Å². The fourth-order valence-corrected chi connectivity index (χ4v) is 2.38. The Kier molecular flexibility index (Phi) is 7.19. The van der Waals surface area contributed by atoms with Gasteiger partial charge in [-0.05, 0) is 37.2 Å². The van der Waals surface area contributed by atoms with Crippen molar-refractivity contribution in [2.24, 2.45) is 5.73 Å². The summed E-state index contributed by atoms with van der Waals surface area (Å²) in [5.41, 5.74) is 7.52. The molecular weight excluding hydrogens is 318 g/mol. The highest BCUT2D eigenvalue weighted by Crippen LogP contribution is 2.21. The van der Waals surface area contributed by atoms with Crippen LogP contribution in [0.25, 0.3) is 0 Å². The van der Waals surface area contributed by atoms with Crippen LogP contribution in [0.4, 0.5) is 0 Å². The lowest BCUT2D eigenvalue weighted by molar-refractivity contribution is -0.120. The normalized spacial score (nSPS) is 12.7. The zero-order valence-electron chi connectivity index (χ0n) is 12.4. The fraction of sp³-hybridized carbons (Fsp3) is 0.533. The third-order valence-corrected chi connectivity index (χ3v) is 4.36. The number of nitrogens with zero attached hydrogens (tertiary/aromatic N) is 1. The molecule has 0 aliphatic carbocycles. The van der Waals surface area contributed by atoms with Gasteiger partial charge >= 0.3 is 0 Å². The molecule has 0 aliphatic rings. The van der Waals surface area contributed by atoms with Gasteiger partial charge in [-0.15, -0.1) is 0 Å². The zero-order chi connectivity index (χ0) is 15.1. The second kappa shape index (κ2) is 8.39. The van der Waals surface area contributed by atoms with E-state index in [1.807, 2.05) is 25.1 Å². The summed E-state index contributed by atoms with van der Waals surface area (Å²) >= 11 is 3.46. The molecule has 0 aromatic heterocycles. The monoisotopic (exact) mass is 341 g/mol. The van der Waals surface area contributed by atoms with E-state index in [1.54, 1.807) is 0 Å². The Balaban J connectivity index is 2.69. The molecular formula is C15H24BrN3O. The summed E-state index contributed by atoms with van der Waals surface area (Å²) in [6, 6.07) is 5.44. The van der Waals surface area contributed by atoms with E-state index in [4.69, 9.17) is 5.73 Å². The molecule has 0 spiro atoms. The minimum Gasteiger partial charge on any atom is -0.368 e. The van der Waals surface area contributed by atoms with Crippen molar-refractivity contribution in [2.75, 3.05) is 26.2 Å². The van der Waals surface area contributed by atoms with Crippen LogP contribution in [0.15, 0.2) is 22.7 Å². The smallest absolute Gasteiger partial charge is 0.239 e. The lowest BCUT2D eigenvalue weighted by atomic mass is 10.0. The number of benzene rings is 1. The van der Waals surface area contributed by atoms with E-state index < -0.39 is 6.04 Å². The van der Waals surface area contributed by atoms with Crippen LogP contribution >= 0.6 is 15.9 Å². The van der Waals surface area contributed by atoms with Crippen molar-refractivity contribution in [1.82, 2.24) is 10.2 Å². The maximum atomic E-state index is 11.6. The maximum absolute atomic E-state index is 11.6. The second-order valence-corrected chi connectivity index (χ2v) is 5.68. The topological polar surface area (TPSA) is 58.4 Å². The van der Waals surface area contributed by atoms with Crippen LogP contribution in [-0.4, -0.2) is 37.0 Å². The average molecular weight is 342 g/mol. The third kappa shape index (κ3) is 4.89. The summed E-state index contributed by atoms with van der Waals surface area (Å²) < 4.78 is 1.03. The first kappa shape index (κ1) is 17.1. The van der Waals surface area contributed by atoms with Crippen LogP contribution < -0.4 is 11.1 Å². The van der Waals surface area contributed by atoms with E-state index >= 15 is 0 Å². The minimum absolute atomic E-state index is 0.341. The van der Waals surface area contributed by atoms with Crippen molar-refractivity contribution in [1.29, 1.82) is 0 Å². The first-order chi connectivity index (χ1) is 9.49. The highest BCUT2D eigenvalue weighted by atomic mass is 79.9. The first-order valence-corrected chi connectivity index (χ1v) is 7.80. The van der Waals surface area contributed by atoms with Crippen molar-refractivity contribution < 1.29 is 4.79 Å². The molecule has 4 nitrogen and oxygen atoms in total. The van der Waals surface area contributed by atoms with Gasteiger partial charge in [-0.2, -0.15) is 0 Å². The zero-order valence-corrected chi connectivity index (χ0v) is 14.0. The van der Waals surface area contributed by atoms with E-state index in [2.05, 4.69) is 40.0 Å². The molecule has 0 saturated heterocycles. The molecule has 0 saturated carbocycles. The molecule has 0 radical (unpaired) electrons. The van der Waals surface area contributed by atoms with Crippen LogP contribution in [0.2, 0.25) is 0 Å². The van der Waals surface area contributed by atoms with Crippen LogP contribution in [0.3, 0.4) is 0 Å². The maximum Gasteiger partial charge on any atom is 0.239 e. The molecule has 20 heavy (non-hydrogen) atoms. The van der Waals surface area contributed by atoms with E-state index in [0.29, 0.717) is 0 Å². The molecule has 0 aliphatic heterocycles. The summed E-state index contributed by atoms with van der Waals surface area (Å²) in [5, 5.41) is 3.25. The van der Waals surface area contributed by atoms with Gasteiger partial charge in [-0.25, -0.2) is 0 Å². The van der Waals surface area contributed by atoms with Gasteiger partial charge in [-0.3, -0.25) is 4.79 Å². The summed E-state index contributed by atoms with van der Waals surface area (Å²) in [6.45, 7) is 9.94. The highest BCUT2D eigenvalue weighted by molar-refractivity contribution is 9.10. The molecule has 1 unspecified atom stereocenters. The Morgan fingerprint density at radius 1 is 1.40 bits per heavy atom. The number of carbonyl (C=O) groups is 1. The summed E-state index contributed by atoms with van der Waals surface area (Å²) in [6.07, 6.45) is 0. The number of carbonyl (C=O) groups excluding carboxylic acids is 1. The minimum atomic E-state index is -0.433. The fourth-order valence-electron chi connectivity index (χ4n) is 2.14. The Morgan fingerprint density at radius 3 is 2.55 bits per heavy atom. The van der Waals surface area contributed by atoms with Gasteiger partial charge in [0.05, 0.1) is 0 Å². The second-order valence-electron chi connectivity index (χ2n) is 4.83. The number of amides is 1. The molecule has 1 rings (SSSR count). The van der Waals surface area contributed by atoms with Crippen molar-refractivity contribution in [3.63, 3.8) is 0 Å². The molecule has 0 heterocycles. The number of likely N-dealkylation sites (N-methyl/N-ethyl adjacent to an activating group) is 1. The molecule has 5 heteroatoms. The number of primary amides is 1. The molecule has 0 fully saturated rings. The Bertz CT molecular complexity index is 447. The van der Waals surface area contributed by atoms with E-state index in [1.165, 1.54) is 0 Å². The number of hydrogen-bond acceptors (Lipinski definition) is 3. The van der Waals surface area contributed by atoms with Gasteiger partial charge < -0.3 is 16.0 Å². The van der Waals surface area contributed by atoms with E-state index in [0.717, 1.165) is 41.8 Å². The predicted octanol–water partition coefficient (Wildman–Crippen LogP) is 2.22. The van der Waals surface area contributed by atoms with E-state index in [9.17, 15) is 4.79 Å². The van der Waals surface area contributed by atoms with E-state index in [-0.39, 0.29) is 5.91 Å². The van der Waals surface area contributed by atoms with Crippen molar-refractivity contribution in [3.8, 4) is 0 Å². The summed E-state index contributed by atoms with van der Waals surface area (Å²) in [7, 11) is 0. The van der Waals surface area contributed by atoms with Crippen molar-refractivity contribution >= 4 is 21.8 Å². The van der Waals surface area contributed by atoms with Crippen molar-refractivity contribution in [3.05, 3.63) is 33.8 Å². The Hall–Kier alpha value is -0.910. The number of nitrogens with one attached hydrogen (secondary N) is 1. The summed E-state index contributed by atoms with van der Waals surface area (Å²) in [5.74, 6) is -0.341. The SMILES string of the molecule is CCN(CC)CCNC(C(N)=O)c1ccc(Br)c(C)c1. The molecule has 1 aromatic rings. The number of halogens is 1. The molecule has 0 bridgehead atoms. The number of hydrogen-bond donors (Lipinski definition) is 2. The first-order valence-electron chi connectivity index (χ1n) is 7.00. The summed E-state index contributed by atoms with van der Waals surface area (Å²) in [4.78, 5) is 13.9. The van der Waals surface area contributed by atoms with Crippen molar-refractivity contribution in [2.45, 2.75) is 26.8 Å². The predicted molar refractivity (Wildman–Crippen MR) is 86.6 cm³/mol. The number of aryl methyl sites for hydroxylation is 1. The van der Waals surface area contributed by atoms with Gasteiger partial charge in [0.2, 0.25) is 5.91 Å². The number of rotatable bonds is 8. The Morgan fingerprint density at radius 2 is 2.05 bits per heavy atom. The van der Waals surface area contributed by atoms with Gasteiger partial charge in [0, 0.05) is 17.6 Å². The lowest BCUT2D eigenvalue weighted by Crippen LogP contribution is -2.38. The van der Waals surface area contributed by atoms with Gasteiger partial charge in [0.25, 0.3) is 0 Å². The molecule has 3 N–H and O–H groups in total. The van der Waals surface area contributed by atoms with Gasteiger partial charge in [0.1, 0.15) is 6.04 Å². The van der Waals surface area contributed by atoms with Crippen LogP contribution in [0, 0.1) is 6.92 Å². The molecule has 1 aromatic carbocycles.